The maximum Gasteiger partial charge on any atom is 0.251 e. The molecule has 0 aliphatic carbocycles. The number of rotatable bonds is 4. The second kappa shape index (κ2) is 7.03. The summed E-state index contributed by atoms with van der Waals surface area (Å²) in [5.74, 6) is 0.460. The first kappa shape index (κ1) is 17.0. The molecule has 5 heteroatoms. The Hall–Kier alpha value is -3.47. The van der Waals surface area contributed by atoms with E-state index in [0.29, 0.717) is 29.2 Å². The van der Waals surface area contributed by atoms with Crippen LogP contribution in [0.5, 0.6) is 0 Å². The lowest BCUT2D eigenvalue weighted by Gasteiger charge is -2.08. The number of hydrogen-bond donors (Lipinski definition) is 1. The van der Waals surface area contributed by atoms with Crippen molar-refractivity contribution in [3.8, 4) is 11.5 Å². The minimum Gasteiger partial charge on any atom is -0.434 e. The van der Waals surface area contributed by atoms with Crippen LogP contribution in [0.1, 0.15) is 27.0 Å². The van der Waals surface area contributed by atoms with Crippen molar-refractivity contribution in [1.29, 1.82) is 0 Å². The molecule has 0 radical (unpaired) electrons. The van der Waals surface area contributed by atoms with Crippen LogP contribution in [0.15, 0.2) is 65.2 Å². The number of fused-ring (bicyclic) bond motifs is 1. The van der Waals surface area contributed by atoms with Gasteiger partial charge in [0.05, 0.1) is 0 Å². The van der Waals surface area contributed by atoms with Gasteiger partial charge in [0.1, 0.15) is 0 Å². The Bertz CT molecular complexity index is 1080. The van der Waals surface area contributed by atoms with Gasteiger partial charge in [0, 0.05) is 23.9 Å². The number of aromatic nitrogens is 2. The van der Waals surface area contributed by atoms with Crippen LogP contribution in [0.3, 0.4) is 0 Å². The minimum absolute atomic E-state index is 0.0767. The normalized spacial score (nSPS) is 10.9. The topological polar surface area (TPSA) is 68.0 Å². The Morgan fingerprint density at radius 3 is 2.59 bits per heavy atom. The van der Waals surface area contributed by atoms with Crippen molar-refractivity contribution in [2.24, 2.45) is 0 Å². The summed E-state index contributed by atoms with van der Waals surface area (Å²) in [4.78, 5) is 20.9. The Morgan fingerprint density at radius 2 is 1.85 bits per heavy atom. The van der Waals surface area contributed by atoms with E-state index in [-0.39, 0.29) is 5.91 Å². The number of nitrogens with zero attached hydrogens (tertiary/aromatic N) is 2. The molecule has 0 bridgehead atoms. The van der Waals surface area contributed by atoms with Crippen molar-refractivity contribution in [3.63, 3.8) is 0 Å². The smallest absolute Gasteiger partial charge is 0.251 e. The van der Waals surface area contributed by atoms with Gasteiger partial charge in [-0.1, -0.05) is 18.2 Å². The summed E-state index contributed by atoms with van der Waals surface area (Å²) in [5, 5.41) is 2.95. The molecule has 134 valence electrons. The Kier molecular flexibility index (Phi) is 4.42. The highest BCUT2D eigenvalue weighted by atomic mass is 16.3. The number of carbonyl (C=O) groups excluding carboxylic acids is 1. The molecule has 0 aliphatic heterocycles. The van der Waals surface area contributed by atoms with E-state index in [1.165, 1.54) is 5.56 Å². The van der Waals surface area contributed by atoms with E-state index in [1.807, 2.05) is 68.4 Å². The molecule has 0 saturated heterocycles. The van der Waals surface area contributed by atoms with Gasteiger partial charge >= 0.3 is 0 Å². The Morgan fingerprint density at radius 1 is 1.04 bits per heavy atom. The van der Waals surface area contributed by atoms with Crippen LogP contribution in [0.25, 0.3) is 22.7 Å². The number of oxazole rings is 1. The number of nitrogens with one attached hydrogen (secondary N) is 1. The van der Waals surface area contributed by atoms with Crippen LogP contribution in [0.4, 0.5) is 0 Å². The predicted octanol–water partition coefficient (Wildman–Crippen LogP) is 4.44. The fourth-order valence-electron chi connectivity index (χ4n) is 2.82. The molecule has 2 heterocycles. The number of amides is 1. The van der Waals surface area contributed by atoms with Crippen LogP contribution in [-0.2, 0) is 6.54 Å². The molecule has 5 nitrogen and oxygen atoms in total. The summed E-state index contributed by atoms with van der Waals surface area (Å²) in [5.41, 5.74) is 6.10. The van der Waals surface area contributed by atoms with Gasteiger partial charge in [-0.05, 0) is 66.9 Å². The number of aryl methyl sites for hydroxylation is 2. The van der Waals surface area contributed by atoms with Gasteiger partial charge in [0.15, 0.2) is 11.2 Å². The van der Waals surface area contributed by atoms with E-state index < -0.39 is 0 Å². The van der Waals surface area contributed by atoms with E-state index in [1.54, 1.807) is 6.20 Å². The SMILES string of the molecule is Cc1ccc(C(=O)NCc2ccc(-c3nc4ncccc4o3)cc2)cc1C. The fourth-order valence-corrected chi connectivity index (χ4v) is 2.82. The van der Waals surface area contributed by atoms with Gasteiger partial charge in [-0.15, -0.1) is 0 Å². The Balaban J connectivity index is 1.44. The second-order valence-corrected chi connectivity index (χ2v) is 6.52. The zero-order valence-electron chi connectivity index (χ0n) is 15.2. The van der Waals surface area contributed by atoms with Crippen LogP contribution >= 0.6 is 0 Å². The van der Waals surface area contributed by atoms with Crippen molar-refractivity contribution in [2.75, 3.05) is 0 Å². The largest absolute Gasteiger partial charge is 0.434 e. The predicted molar refractivity (Wildman–Crippen MR) is 104 cm³/mol. The van der Waals surface area contributed by atoms with Crippen molar-refractivity contribution < 1.29 is 9.21 Å². The van der Waals surface area contributed by atoms with Crippen molar-refractivity contribution in [1.82, 2.24) is 15.3 Å². The van der Waals surface area contributed by atoms with Gasteiger partial charge in [-0.2, -0.15) is 4.98 Å². The summed E-state index contributed by atoms with van der Waals surface area (Å²) in [6, 6.07) is 17.2. The van der Waals surface area contributed by atoms with Crippen molar-refractivity contribution >= 4 is 17.1 Å². The van der Waals surface area contributed by atoms with Gasteiger partial charge in [-0.25, -0.2) is 4.98 Å². The molecule has 1 amide bonds. The second-order valence-electron chi connectivity index (χ2n) is 6.52. The molecular weight excluding hydrogens is 338 g/mol. The standard InChI is InChI=1S/C22H19N3O2/c1-14-5-8-18(12-15(14)2)21(26)24-13-16-6-9-17(10-7-16)22-25-20-19(27-22)4-3-11-23-20/h3-12H,13H2,1-2H3,(H,24,26). The Labute approximate surface area is 157 Å². The molecule has 1 N–H and O–H groups in total. The minimum atomic E-state index is -0.0767. The average molecular weight is 357 g/mol. The van der Waals surface area contributed by atoms with E-state index in [0.717, 1.165) is 16.7 Å². The molecule has 2 aromatic carbocycles. The lowest BCUT2D eigenvalue weighted by Crippen LogP contribution is -2.22. The molecule has 0 unspecified atom stereocenters. The van der Waals surface area contributed by atoms with Crippen LogP contribution < -0.4 is 5.32 Å². The van der Waals surface area contributed by atoms with E-state index in [2.05, 4.69) is 15.3 Å². The van der Waals surface area contributed by atoms with E-state index >= 15 is 0 Å². The number of hydrogen-bond acceptors (Lipinski definition) is 4. The third-order valence-electron chi connectivity index (χ3n) is 4.59. The third-order valence-corrected chi connectivity index (χ3v) is 4.59. The van der Waals surface area contributed by atoms with Crippen molar-refractivity contribution in [3.05, 3.63) is 83.0 Å². The lowest BCUT2D eigenvalue weighted by molar-refractivity contribution is 0.0951. The quantitative estimate of drug-likeness (QED) is 0.586. The molecule has 27 heavy (non-hydrogen) atoms. The number of carbonyl (C=O) groups is 1. The summed E-state index contributed by atoms with van der Waals surface area (Å²) in [6.07, 6.45) is 1.69. The summed E-state index contributed by atoms with van der Waals surface area (Å²) in [6.45, 7) is 4.50. The van der Waals surface area contributed by atoms with Crippen LogP contribution in [-0.4, -0.2) is 15.9 Å². The van der Waals surface area contributed by atoms with Gasteiger partial charge < -0.3 is 9.73 Å². The number of pyridine rings is 1. The highest BCUT2D eigenvalue weighted by Gasteiger charge is 2.09. The molecule has 0 fully saturated rings. The summed E-state index contributed by atoms with van der Waals surface area (Å²) >= 11 is 0. The maximum absolute atomic E-state index is 12.3. The van der Waals surface area contributed by atoms with Gasteiger partial charge in [-0.3, -0.25) is 4.79 Å². The molecule has 2 aromatic heterocycles. The number of benzene rings is 2. The lowest BCUT2D eigenvalue weighted by atomic mass is 10.1. The third kappa shape index (κ3) is 3.58. The molecule has 0 atom stereocenters. The molecular formula is C22H19N3O2. The molecule has 4 rings (SSSR count). The van der Waals surface area contributed by atoms with Crippen LogP contribution in [0, 0.1) is 13.8 Å². The van der Waals surface area contributed by atoms with Crippen molar-refractivity contribution in [2.45, 2.75) is 20.4 Å². The zero-order valence-corrected chi connectivity index (χ0v) is 15.2. The monoisotopic (exact) mass is 357 g/mol. The van der Waals surface area contributed by atoms with Crippen LogP contribution in [0.2, 0.25) is 0 Å². The summed E-state index contributed by atoms with van der Waals surface area (Å²) in [7, 11) is 0. The average Bonchev–Trinajstić information content (AvgIpc) is 3.13. The zero-order chi connectivity index (χ0) is 18.8. The van der Waals surface area contributed by atoms with E-state index in [9.17, 15) is 4.79 Å². The molecule has 4 aromatic rings. The summed E-state index contributed by atoms with van der Waals surface area (Å²) < 4.78 is 5.73. The highest BCUT2D eigenvalue weighted by molar-refractivity contribution is 5.94. The first-order valence-electron chi connectivity index (χ1n) is 8.76. The molecule has 0 aliphatic rings. The molecule has 0 spiro atoms. The highest BCUT2D eigenvalue weighted by Crippen LogP contribution is 2.23. The van der Waals surface area contributed by atoms with Gasteiger partial charge in [0.25, 0.3) is 5.91 Å². The first-order chi connectivity index (χ1) is 13.1. The maximum atomic E-state index is 12.3. The fraction of sp³-hybridized carbons (Fsp3) is 0.136. The van der Waals surface area contributed by atoms with E-state index in [4.69, 9.17) is 4.42 Å². The first-order valence-corrected chi connectivity index (χ1v) is 8.76. The molecule has 0 saturated carbocycles. The van der Waals surface area contributed by atoms with Gasteiger partial charge in [0.2, 0.25) is 5.89 Å².